The zero-order chi connectivity index (χ0) is 41.2. The summed E-state index contributed by atoms with van der Waals surface area (Å²) in [6.07, 6.45) is 0.763. The Kier molecular flexibility index (Phi) is 15.1. The van der Waals surface area contributed by atoms with Crippen LogP contribution in [0.2, 0.25) is 0 Å². The fourth-order valence-electron chi connectivity index (χ4n) is 7.06. The van der Waals surface area contributed by atoms with Gasteiger partial charge in [0.1, 0.15) is 35.6 Å². The van der Waals surface area contributed by atoms with Gasteiger partial charge in [0.2, 0.25) is 5.95 Å². The van der Waals surface area contributed by atoms with Crippen LogP contribution in [0.15, 0.2) is 65.7 Å². The molecule has 7 atom stereocenters. The summed E-state index contributed by atoms with van der Waals surface area (Å²) in [7, 11) is -3.14. The van der Waals surface area contributed by atoms with Gasteiger partial charge in [0.05, 0.1) is 19.8 Å². The number of nitrogens with zero attached hydrogens (tertiary/aromatic N) is 4. The van der Waals surface area contributed by atoms with Crippen molar-refractivity contribution < 1.29 is 43.1 Å². The number of ether oxygens (including phenoxy) is 3. The second-order valence-electron chi connectivity index (χ2n) is 14.1. The molecule has 17 nitrogen and oxygen atoms in total. The fraction of sp³-hybridized carbons (Fsp3) is 0.513. The van der Waals surface area contributed by atoms with Gasteiger partial charge < -0.3 is 45.3 Å². The lowest BCUT2D eigenvalue weighted by Crippen LogP contribution is -2.48. The van der Waals surface area contributed by atoms with Crippen LogP contribution in [0.4, 0.5) is 23.3 Å². The monoisotopic (exact) mass is 810 g/mol. The van der Waals surface area contributed by atoms with Crippen LogP contribution in [0.1, 0.15) is 44.7 Å². The number of carbonyl (C=O) groups is 2. The van der Waals surface area contributed by atoms with Gasteiger partial charge in [0.15, 0.2) is 11.6 Å². The van der Waals surface area contributed by atoms with Gasteiger partial charge in [0.25, 0.3) is 0 Å². The molecule has 0 bridgehead atoms. The molecule has 3 aromatic rings. The van der Waals surface area contributed by atoms with E-state index >= 15 is 4.57 Å². The minimum atomic E-state index is -4.45. The first-order valence-corrected chi connectivity index (χ1v) is 20.8. The number of nitrogens with two attached hydrogens (primary N) is 2. The van der Waals surface area contributed by atoms with E-state index < -0.39 is 67.9 Å². The predicted molar refractivity (Wildman–Crippen MR) is 216 cm³/mol. The summed E-state index contributed by atoms with van der Waals surface area (Å²) in [6.45, 7) is 6.12. The second kappa shape index (κ2) is 19.8. The van der Waals surface area contributed by atoms with Gasteiger partial charge in [-0.05, 0) is 56.6 Å². The van der Waals surface area contributed by atoms with Crippen LogP contribution in [0.3, 0.4) is 0 Å². The molecular formula is C39H55N8O9P. The summed E-state index contributed by atoms with van der Waals surface area (Å²) in [4.78, 5) is 41.7. The van der Waals surface area contributed by atoms with E-state index in [-0.39, 0.29) is 37.8 Å². The number of hydrogen-bond donors (Lipinski definition) is 6. The van der Waals surface area contributed by atoms with Crippen LogP contribution < -0.4 is 26.5 Å². The standard InChI is InChI=1S/C39H55N8O9P/c1-5-54-36(49)29(21-26-15-9-7-10-16-26)45-57(52,46-30(37(50)55-6-2)22-27-17-11-8-12-18-27)56-24-31(53-4)33(48)39(51)25(3)28(39)23-42-32-34(40)43-38(41)44-35(32)47-19-13-14-20-47/h7-12,15-18,23,25,28-31,33,48,51H,5-6,13-14,19-22,24H2,1-4H3,(H2,45,46,52)(H4,40,41,43,44)/t25?,28?,29-,30-,31?,33?,39?/m0/s1. The van der Waals surface area contributed by atoms with E-state index in [2.05, 4.69) is 25.1 Å². The first kappa shape index (κ1) is 43.6. The topological polar surface area (TPSA) is 246 Å². The van der Waals surface area contributed by atoms with E-state index in [0.717, 1.165) is 37.1 Å². The lowest BCUT2D eigenvalue weighted by molar-refractivity contribution is -0.145. The van der Waals surface area contributed by atoms with Crippen molar-refractivity contribution in [1.82, 2.24) is 20.1 Å². The number of aliphatic hydroxyl groups is 2. The summed E-state index contributed by atoms with van der Waals surface area (Å²) < 4.78 is 37.4. The smallest absolute Gasteiger partial charge is 0.342 e. The fourth-order valence-corrected chi connectivity index (χ4v) is 8.85. The highest BCUT2D eigenvalue weighted by atomic mass is 31.2. The highest BCUT2D eigenvalue weighted by Gasteiger charge is 2.66. The maximum absolute atomic E-state index is 15.0. The molecule has 8 N–H and O–H groups in total. The molecule has 1 aliphatic carbocycles. The number of hydrogen-bond acceptors (Lipinski definition) is 15. The van der Waals surface area contributed by atoms with Crippen LogP contribution in [0.25, 0.3) is 0 Å². The van der Waals surface area contributed by atoms with Crippen LogP contribution in [-0.2, 0) is 45.7 Å². The molecule has 2 aromatic carbocycles. The van der Waals surface area contributed by atoms with Gasteiger partial charge >= 0.3 is 19.6 Å². The van der Waals surface area contributed by atoms with E-state index in [1.165, 1.54) is 13.3 Å². The summed E-state index contributed by atoms with van der Waals surface area (Å²) in [5, 5.41) is 29.1. The number of aromatic nitrogens is 2. The highest BCUT2D eigenvalue weighted by molar-refractivity contribution is 7.54. The van der Waals surface area contributed by atoms with Crippen molar-refractivity contribution in [2.24, 2.45) is 16.8 Å². The lowest BCUT2D eigenvalue weighted by Gasteiger charge is -2.31. The molecule has 2 heterocycles. The van der Waals surface area contributed by atoms with E-state index in [4.69, 9.17) is 30.2 Å². The highest BCUT2D eigenvalue weighted by Crippen LogP contribution is 2.53. The van der Waals surface area contributed by atoms with Crippen LogP contribution >= 0.6 is 7.67 Å². The van der Waals surface area contributed by atoms with Crippen molar-refractivity contribution in [2.75, 3.05) is 56.4 Å². The number of aliphatic imine (C=N–C) groups is 1. The van der Waals surface area contributed by atoms with E-state index in [0.29, 0.717) is 11.5 Å². The van der Waals surface area contributed by atoms with Gasteiger partial charge in [-0.1, -0.05) is 67.6 Å². The Morgan fingerprint density at radius 1 is 0.965 bits per heavy atom. The summed E-state index contributed by atoms with van der Waals surface area (Å²) >= 11 is 0. The number of esters is 2. The third-order valence-corrected chi connectivity index (χ3v) is 12.1. The van der Waals surface area contributed by atoms with Crippen molar-refractivity contribution in [3.05, 3.63) is 71.8 Å². The zero-order valence-corrected chi connectivity index (χ0v) is 33.7. The molecule has 57 heavy (non-hydrogen) atoms. The Bertz CT molecular complexity index is 1800. The quantitative estimate of drug-likeness (QED) is 0.0514. The zero-order valence-electron chi connectivity index (χ0n) is 32.8. The average Bonchev–Trinajstić information content (AvgIpc) is 3.48. The van der Waals surface area contributed by atoms with Crippen LogP contribution in [0.5, 0.6) is 0 Å². The first-order valence-electron chi connectivity index (χ1n) is 19.2. The molecule has 1 saturated heterocycles. The first-order chi connectivity index (χ1) is 27.3. The molecule has 1 aliphatic heterocycles. The Balaban J connectivity index is 1.40. The normalized spacial score (nSPS) is 21.5. The SMILES string of the molecule is CCOC(=O)[C@H](Cc1ccccc1)NP(=O)(N[C@@H](Cc1ccccc1)C(=O)OCC)OCC(OC)C(O)C1(O)C(C)C1C=Nc1c(N)nc(N)nc1N1CCCC1. The maximum atomic E-state index is 15.0. The largest absolute Gasteiger partial charge is 0.465 e. The molecule has 1 aromatic heterocycles. The molecule has 310 valence electrons. The van der Waals surface area contributed by atoms with Crippen molar-refractivity contribution in [3.63, 3.8) is 0 Å². The van der Waals surface area contributed by atoms with Crippen LogP contribution in [0, 0.1) is 11.8 Å². The van der Waals surface area contributed by atoms with Crippen molar-refractivity contribution in [1.29, 1.82) is 0 Å². The van der Waals surface area contributed by atoms with Gasteiger partial charge in [-0.2, -0.15) is 9.97 Å². The maximum Gasteiger partial charge on any atom is 0.342 e. The summed E-state index contributed by atoms with van der Waals surface area (Å²) in [6, 6.07) is 15.7. The number of nitrogen functional groups attached to an aromatic ring is 2. The molecule has 5 rings (SSSR count). The minimum absolute atomic E-state index is 0.0200. The van der Waals surface area contributed by atoms with Crippen molar-refractivity contribution in [2.45, 2.75) is 76.3 Å². The van der Waals surface area contributed by atoms with Crippen LogP contribution in [-0.4, -0.2) is 108 Å². The predicted octanol–water partition coefficient (Wildman–Crippen LogP) is 2.97. The number of nitrogens with one attached hydrogen (secondary N) is 2. The van der Waals surface area contributed by atoms with Gasteiger partial charge in [-0.25, -0.2) is 10.2 Å². The van der Waals surface area contributed by atoms with E-state index in [9.17, 15) is 19.8 Å². The second-order valence-corrected chi connectivity index (χ2v) is 16.0. The summed E-state index contributed by atoms with van der Waals surface area (Å²) in [5.41, 5.74) is 12.2. The minimum Gasteiger partial charge on any atom is -0.465 e. The van der Waals surface area contributed by atoms with Gasteiger partial charge in [0, 0.05) is 32.3 Å². The molecular weight excluding hydrogens is 755 g/mol. The molecule has 1 saturated carbocycles. The number of methoxy groups -OCH3 is 1. The number of anilines is 3. The Hall–Kier alpha value is -4.48. The van der Waals surface area contributed by atoms with Crippen molar-refractivity contribution >= 4 is 49.1 Å². The molecule has 5 unspecified atom stereocenters. The van der Waals surface area contributed by atoms with Crippen molar-refractivity contribution in [3.8, 4) is 0 Å². The lowest BCUT2D eigenvalue weighted by atomic mass is 10.0. The third kappa shape index (κ3) is 10.9. The number of carbonyl (C=O) groups excluding carboxylic acids is 2. The Morgan fingerprint density at radius 2 is 1.49 bits per heavy atom. The number of aliphatic hydroxyl groups excluding tert-OH is 1. The number of rotatable bonds is 21. The Morgan fingerprint density at radius 3 is 1.98 bits per heavy atom. The molecule has 0 radical (unpaired) electrons. The summed E-state index contributed by atoms with van der Waals surface area (Å²) in [5.74, 6) is -1.96. The van der Waals surface area contributed by atoms with Gasteiger partial charge in [-0.3, -0.25) is 19.1 Å². The molecule has 0 amide bonds. The molecule has 2 aliphatic rings. The third-order valence-electron chi connectivity index (χ3n) is 10.3. The number of benzene rings is 2. The molecule has 2 fully saturated rings. The Labute approximate surface area is 333 Å². The van der Waals surface area contributed by atoms with Gasteiger partial charge in [-0.15, -0.1) is 0 Å². The molecule has 18 heteroatoms. The molecule has 0 spiro atoms. The average molecular weight is 811 g/mol. The van der Waals surface area contributed by atoms with E-state index in [1.54, 1.807) is 69.3 Å². The van der Waals surface area contributed by atoms with E-state index in [1.807, 2.05) is 17.0 Å².